The summed E-state index contributed by atoms with van der Waals surface area (Å²) in [5.41, 5.74) is -14.3. The zero-order chi connectivity index (χ0) is 52.2. The highest BCUT2D eigenvalue weighted by atomic mass is 19.2. The summed E-state index contributed by atoms with van der Waals surface area (Å²) in [5, 5.41) is 0. The van der Waals surface area contributed by atoms with E-state index in [0.29, 0.717) is 0 Å². The Morgan fingerprint density at radius 2 is 0.514 bits per heavy atom. The quantitative estimate of drug-likeness (QED) is 0.0172. The fourth-order valence-electron chi connectivity index (χ4n) is 8.09. The topological polar surface area (TPSA) is 26.0 Å². The Hall–Kier alpha value is -5.58. The zero-order valence-electron chi connectivity index (χ0n) is 36.8. The number of hydrogen-bond acceptors (Lipinski definition) is 2. The largest absolute Gasteiger partial charge is 0.271 e. The Labute approximate surface area is 387 Å². The van der Waals surface area contributed by atoms with Gasteiger partial charge in [-0.3, -0.25) is 9.82 Å². The molecule has 0 radical (unpaired) electrons. The van der Waals surface area contributed by atoms with E-state index in [9.17, 15) is 52.7 Å². The molecule has 0 aliphatic heterocycles. The highest BCUT2D eigenvalue weighted by Gasteiger charge is 2.52. The first-order chi connectivity index (χ1) is 33.1. The van der Waals surface area contributed by atoms with Gasteiger partial charge in [-0.15, -0.1) is 21.9 Å². The van der Waals surface area contributed by atoms with E-state index in [1.807, 2.05) is 12.4 Å². The van der Waals surface area contributed by atoms with Crippen molar-refractivity contribution in [2.45, 2.75) is 110 Å². The van der Waals surface area contributed by atoms with E-state index in [1.54, 1.807) is 17.1 Å². The molecular weight excluding hydrogens is 987 g/mol. The Morgan fingerprint density at radius 3 is 0.743 bits per heavy atom. The molecule has 5 rings (SSSR count). The summed E-state index contributed by atoms with van der Waals surface area (Å²) in [5.74, 6) is -71.4. The second-order valence-corrected chi connectivity index (χ2v) is 16.0. The predicted octanol–water partition coefficient (Wildman–Crippen LogP) is 11.9. The van der Waals surface area contributed by atoms with Gasteiger partial charge in [0.25, 0.3) is 0 Å². The van der Waals surface area contributed by atoms with Crippen LogP contribution in [0.25, 0.3) is 0 Å². The average molecular weight is 1030 g/mol. The van der Waals surface area contributed by atoms with Gasteiger partial charge in [-0.25, -0.2) is 87.8 Å². The van der Waals surface area contributed by atoms with Gasteiger partial charge in [-0.1, -0.05) is 96.8 Å². The Bertz CT molecular complexity index is 2220. The van der Waals surface area contributed by atoms with E-state index in [4.69, 9.17) is 4.84 Å². The number of nitrogens with zero attached hydrogens (tertiary/aromatic N) is 2. The number of halogens is 20. The first-order valence-corrected chi connectivity index (χ1v) is 21.8. The van der Waals surface area contributed by atoms with Crippen molar-refractivity contribution in [3.05, 3.63) is 141 Å². The highest BCUT2D eigenvalue weighted by Crippen LogP contribution is 2.31. The molecule has 1 aromatic heterocycles. The first-order valence-electron chi connectivity index (χ1n) is 21.8. The summed E-state index contributed by atoms with van der Waals surface area (Å²) in [6.07, 6.45) is 22.4. The predicted molar refractivity (Wildman–Crippen MR) is 215 cm³/mol. The number of aromatic nitrogens is 2. The average Bonchev–Trinajstić information content (AvgIpc) is 3.35. The van der Waals surface area contributed by atoms with Gasteiger partial charge in [-0.05, 0) is 12.8 Å². The third-order valence-electron chi connectivity index (χ3n) is 11.5. The van der Waals surface area contributed by atoms with E-state index in [2.05, 4.69) is 11.9 Å². The monoisotopic (exact) mass is 1030 g/mol. The number of benzene rings is 4. The summed E-state index contributed by atoms with van der Waals surface area (Å²) >= 11 is 0. The molecule has 3 nitrogen and oxygen atoms in total. The molecule has 0 fully saturated rings. The minimum atomic E-state index is -7.22. The van der Waals surface area contributed by atoms with Gasteiger partial charge >= 0.3 is 0 Å². The molecule has 0 spiro atoms. The molecule has 0 N–H and O–H groups in total. The number of hydrogen-bond donors (Lipinski definition) is 0. The standard InChI is InChI=1S/C24BF20.C22H41N2O/c26-5-1(6(27)14(35)21(42)13(5)34)25(2-7(28)15(36)22(43)16(37)8(2)29,3-9(30)17(38)23(44)18(39)10(3)31)4-11(32)19(40)24(45)20(41)12(4)33;1-2-3-4-5-6-7-8-9-10-11-12-13-14-15-16-17-22-25-24-20-18-23-19-21-24/h;18-21H,2-17,22H2,1H3/q-1;+1. The van der Waals surface area contributed by atoms with Gasteiger partial charge in [0.2, 0.25) is 12.4 Å². The summed E-state index contributed by atoms with van der Waals surface area (Å²) in [4.78, 5) is 9.57. The van der Waals surface area contributed by atoms with E-state index >= 15 is 35.1 Å². The van der Waals surface area contributed by atoms with Gasteiger partial charge in [0.05, 0.1) is 12.4 Å². The van der Waals surface area contributed by atoms with E-state index in [0.717, 1.165) is 13.0 Å². The van der Waals surface area contributed by atoms with Crippen LogP contribution in [0.4, 0.5) is 87.8 Å². The van der Waals surface area contributed by atoms with Crippen LogP contribution >= 0.6 is 0 Å². The molecular formula is C46H41BF20N2O. The lowest BCUT2D eigenvalue weighted by molar-refractivity contribution is -0.891. The fraction of sp³-hybridized carbons (Fsp3) is 0.391. The van der Waals surface area contributed by atoms with Crippen LogP contribution in [-0.2, 0) is 0 Å². The van der Waals surface area contributed by atoms with Crippen molar-refractivity contribution in [2.75, 3.05) is 6.61 Å². The van der Waals surface area contributed by atoms with Crippen LogP contribution in [0.1, 0.15) is 110 Å². The fourth-order valence-corrected chi connectivity index (χ4v) is 8.09. The molecule has 0 amide bonds. The van der Waals surface area contributed by atoms with Crippen LogP contribution in [0.2, 0.25) is 0 Å². The molecule has 24 heteroatoms. The molecule has 0 aliphatic rings. The summed E-state index contributed by atoms with van der Waals surface area (Å²) in [6, 6.07) is 0. The molecule has 5 aromatic rings. The second kappa shape index (κ2) is 25.5. The van der Waals surface area contributed by atoms with Gasteiger partial charge in [0.15, 0.2) is 76.4 Å². The Morgan fingerprint density at radius 1 is 0.314 bits per heavy atom. The SMILES string of the molecule is CCCCCCCCCCCCCCCCCCO[n+]1ccncc1.Fc1c(F)c(F)c([B-](c2c(F)c(F)c(F)c(F)c2F)(c2c(F)c(F)c(F)c(F)c2F)c2c(F)c(F)c(F)c(F)c2F)c(F)c1F. The first kappa shape index (κ1) is 57.0. The van der Waals surface area contributed by atoms with Crippen molar-refractivity contribution in [1.82, 2.24) is 4.98 Å². The maximum atomic E-state index is 15.4. The van der Waals surface area contributed by atoms with Crippen molar-refractivity contribution in [1.29, 1.82) is 0 Å². The second-order valence-electron chi connectivity index (χ2n) is 16.0. The summed E-state index contributed by atoms with van der Waals surface area (Å²) in [7, 11) is 0. The minimum absolute atomic E-state index is 0.799. The molecule has 0 saturated carbocycles. The molecule has 0 atom stereocenters. The van der Waals surface area contributed by atoms with E-state index in [-0.39, 0.29) is 0 Å². The molecule has 0 saturated heterocycles. The van der Waals surface area contributed by atoms with Crippen LogP contribution in [0.15, 0.2) is 24.8 Å². The van der Waals surface area contributed by atoms with Crippen molar-refractivity contribution >= 4 is 28.0 Å². The van der Waals surface area contributed by atoms with Crippen LogP contribution < -0.4 is 31.4 Å². The smallest absolute Gasteiger partial charge is 0.240 e. The maximum Gasteiger partial charge on any atom is 0.240 e. The lowest BCUT2D eigenvalue weighted by atomic mass is 9.12. The Kier molecular flexibility index (Phi) is 20.8. The van der Waals surface area contributed by atoms with Crippen molar-refractivity contribution in [2.24, 2.45) is 0 Å². The molecule has 0 unspecified atom stereocenters. The van der Waals surface area contributed by atoms with Crippen LogP contribution in [0.5, 0.6) is 0 Å². The van der Waals surface area contributed by atoms with Gasteiger partial charge in [0, 0.05) is 4.73 Å². The third-order valence-corrected chi connectivity index (χ3v) is 11.5. The molecule has 0 bridgehead atoms. The lowest BCUT2D eigenvalue weighted by Gasteiger charge is -2.44. The van der Waals surface area contributed by atoms with Crippen molar-refractivity contribution in [3.63, 3.8) is 0 Å². The van der Waals surface area contributed by atoms with Gasteiger partial charge in [0.1, 0.15) is 52.7 Å². The van der Waals surface area contributed by atoms with Crippen LogP contribution in [-0.4, -0.2) is 17.7 Å². The maximum absolute atomic E-state index is 15.4. The van der Waals surface area contributed by atoms with Crippen molar-refractivity contribution < 1.29 is 97.4 Å². The Balaban J connectivity index is 0.000000361. The molecule has 384 valence electrons. The molecule has 0 aliphatic carbocycles. The molecule has 1 heterocycles. The van der Waals surface area contributed by atoms with Crippen LogP contribution in [0, 0.1) is 116 Å². The number of rotatable bonds is 22. The third kappa shape index (κ3) is 11.8. The van der Waals surface area contributed by atoms with E-state index in [1.165, 1.54) is 96.3 Å². The molecule has 4 aromatic carbocycles. The van der Waals surface area contributed by atoms with Gasteiger partial charge in [-0.2, -0.15) is 0 Å². The highest BCUT2D eigenvalue weighted by molar-refractivity contribution is 7.20. The van der Waals surface area contributed by atoms with Crippen molar-refractivity contribution in [3.8, 4) is 0 Å². The number of unbranched alkanes of at least 4 members (excludes halogenated alkanes) is 15. The lowest BCUT2D eigenvalue weighted by Crippen LogP contribution is -2.81. The zero-order valence-corrected chi connectivity index (χ0v) is 36.8. The minimum Gasteiger partial charge on any atom is -0.271 e. The van der Waals surface area contributed by atoms with Gasteiger partial charge < -0.3 is 0 Å². The molecule has 70 heavy (non-hydrogen) atoms. The van der Waals surface area contributed by atoms with E-state index < -0.39 is 144 Å². The van der Waals surface area contributed by atoms with Crippen LogP contribution in [0.3, 0.4) is 0 Å². The summed E-state index contributed by atoms with van der Waals surface area (Å²) in [6.45, 7) is 3.09. The summed E-state index contributed by atoms with van der Waals surface area (Å²) < 4.78 is 296. The normalized spacial score (nSPS) is 11.6.